The average molecular weight is 288 g/mol. The number of rotatable bonds is 7. The summed E-state index contributed by atoms with van der Waals surface area (Å²) in [6, 6.07) is 7.23. The van der Waals surface area contributed by atoms with Crippen LogP contribution in [0.5, 0.6) is 5.75 Å². The number of nitrogens with zero attached hydrogens (tertiary/aromatic N) is 2. The number of amides is 1. The summed E-state index contributed by atoms with van der Waals surface area (Å²) in [7, 11) is 1.61. The number of methoxy groups -OCH3 is 1. The van der Waals surface area contributed by atoms with Crippen molar-refractivity contribution in [2.24, 2.45) is 0 Å². The van der Waals surface area contributed by atoms with Crippen LogP contribution in [0, 0.1) is 0 Å². The van der Waals surface area contributed by atoms with Crippen molar-refractivity contribution in [1.82, 2.24) is 14.9 Å². The number of imidazole rings is 1. The van der Waals surface area contributed by atoms with E-state index in [0.717, 1.165) is 23.7 Å². The second-order valence-corrected chi connectivity index (χ2v) is 4.59. The van der Waals surface area contributed by atoms with Gasteiger partial charge in [-0.05, 0) is 30.8 Å². The lowest BCUT2D eigenvalue weighted by Gasteiger charge is -2.06. The topological polar surface area (TPSA) is 68.2 Å². The molecule has 0 bridgehead atoms. The Morgan fingerprint density at radius 2 is 2.10 bits per heavy atom. The molecule has 0 aliphatic heterocycles. The molecule has 0 aliphatic carbocycles. The number of benzene rings is 1. The van der Waals surface area contributed by atoms with Crippen molar-refractivity contribution in [1.29, 1.82) is 0 Å². The minimum Gasteiger partial charge on any atom is -0.497 e. The molecule has 0 saturated carbocycles. The summed E-state index contributed by atoms with van der Waals surface area (Å²) in [5.74, 6) is 0.670. The van der Waals surface area contributed by atoms with Gasteiger partial charge in [-0.2, -0.15) is 0 Å². The predicted octanol–water partition coefficient (Wildman–Crippen LogP) is 1.64. The van der Waals surface area contributed by atoms with Gasteiger partial charge in [0, 0.05) is 18.4 Å². The molecule has 1 aromatic carbocycles. The summed E-state index contributed by atoms with van der Waals surface area (Å²) in [5.41, 5.74) is 1.67. The first kappa shape index (κ1) is 15.1. The van der Waals surface area contributed by atoms with Crippen LogP contribution in [-0.2, 0) is 17.9 Å². The van der Waals surface area contributed by atoms with Crippen LogP contribution in [0.4, 0.5) is 5.69 Å². The van der Waals surface area contributed by atoms with E-state index in [2.05, 4.69) is 15.6 Å². The van der Waals surface area contributed by atoms with E-state index >= 15 is 0 Å². The lowest BCUT2D eigenvalue weighted by atomic mass is 10.3. The molecule has 2 aromatic rings. The summed E-state index contributed by atoms with van der Waals surface area (Å²) >= 11 is 0. The molecule has 1 aromatic heterocycles. The van der Waals surface area contributed by atoms with Crippen molar-refractivity contribution in [3.05, 3.63) is 42.5 Å². The van der Waals surface area contributed by atoms with E-state index in [-0.39, 0.29) is 12.5 Å². The Hall–Kier alpha value is -2.34. The molecule has 0 fully saturated rings. The molecule has 0 saturated heterocycles. The lowest BCUT2D eigenvalue weighted by Crippen LogP contribution is -2.18. The van der Waals surface area contributed by atoms with Gasteiger partial charge in [-0.15, -0.1) is 0 Å². The van der Waals surface area contributed by atoms with Crippen LogP contribution in [0.1, 0.15) is 12.6 Å². The zero-order valence-electron chi connectivity index (χ0n) is 12.3. The Morgan fingerprint density at radius 3 is 2.76 bits per heavy atom. The van der Waals surface area contributed by atoms with Gasteiger partial charge in [0.25, 0.3) is 0 Å². The SMILES string of the molecule is CCNCc1cn(CC(=O)Nc2ccc(OC)cc2)cn1. The molecular formula is C15H20N4O2. The lowest BCUT2D eigenvalue weighted by molar-refractivity contribution is -0.116. The van der Waals surface area contributed by atoms with E-state index in [0.29, 0.717) is 6.54 Å². The van der Waals surface area contributed by atoms with Crippen molar-refractivity contribution in [2.75, 3.05) is 19.0 Å². The smallest absolute Gasteiger partial charge is 0.244 e. The normalized spacial score (nSPS) is 10.4. The van der Waals surface area contributed by atoms with E-state index in [1.54, 1.807) is 42.3 Å². The molecule has 2 rings (SSSR count). The maximum atomic E-state index is 12.0. The molecule has 0 aliphatic rings. The first-order valence-electron chi connectivity index (χ1n) is 6.86. The number of hydrogen-bond donors (Lipinski definition) is 2. The van der Waals surface area contributed by atoms with Gasteiger partial charge >= 0.3 is 0 Å². The monoisotopic (exact) mass is 288 g/mol. The summed E-state index contributed by atoms with van der Waals surface area (Å²) < 4.78 is 6.84. The highest BCUT2D eigenvalue weighted by Gasteiger charge is 2.05. The molecular weight excluding hydrogens is 268 g/mol. The molecule has 6 nitrogen and oxygen atoms in total. The fraction of sp³-hybridized carbons (Fsp3) is 0.333. The quantitative estimate of drug-likeness (QED) is 0.812. The van der Waals surface area contributed by atoms with Crippen LogP contribution in [0.25, 0.3) is 0 Å². The van der Waals surface area contributed by atoms with Crippen molar-refractivity contribution < 1.29 is 9.53 Å². The van der Waals surface area contributed by atoms with E-state index < -0.39 is 0 Å². The average Bonchev–Trinajstić information content (AvgIpc) is 2.93. The number of aromatic nitrogens is 2. The number of carbonyl (C=O) groups is 1. The minimum atomic E-state index is -0.0902. The molecule has 0 atom stereocenters. The van der Waals surface area contributed by atoms with E-state index in [4.69, 9.17) is 4.74 Å². The van der Waals surface area contributed by atoms with Crippen LogP contribution >= 0.6 is 0 Å². The Morgan fingerprint density at radius 1 is 1.33 bits per heavy atom. The number of anilines is 1. The molecule has 0 radical (unpaired) electrons. The van der Waals surface area contributed by atoms with Crippen LogP contribution in [0.15, 0.2) is 36.8 Å². The maximum Gasteiger partial charge on any atom is 0.244 e. The van der Waals surface area contributed by atoms with Gasteiger partial charge in [0.1, 0.15) is 12.3 Å². The predicted molar refractivity (Wildman–Crippen MR) is 81.2 cm³/mol. The Kier molecular flexibility index (Phi) is 5.34. The van der Waals surface area contributed by atoms with Gasteiger partial charge in [-0.25, -0.2) is 4.98 Å². The van der Waals surface area contributed by atoms with Gasteiger partial charge in [0.2, 0.25) is 5.91 Å². The van der Waals surface area contributed by atoms with Gasteiger partial charge < -0.3 is 19.9 Å². The fourth-order valence-electron chi connectivity index (χ4n) is 1.88. The van der Waals surface area contributed by atoms with Crippen molar-refractivity contribution in [2.45, 2.75) is 20.0 Å². The first-order valence-corrected chi connectivity index (χ1v) is 6.86. The second kappa shape index (κ2) is 7.44. The number of carbonyl (C=O) groups excluding carboxylic acids is 1. The molecule has 1 heterocycles. The third-order valence-corrected chi connectivity index (χ3v) is 2.94. The minimum absolute atomic E-state index is 0.0902. The highest BCUT2D eigenvalue weighted by Crippen LogP contribution is 2.14. The van der Waals surface area contributed by atoms with Crippen molar-refractivity contribution in [3.63, 3.8) is 0 Å². The summed E-state index contributed by atoms with van der Waals surface area (Å²) in [6.07, 6.45) is 3.54. The van der Waals surface area contributed by atoms with Gasteiger partial charge in [-0.3, -0.25) is 4.79 Å². The molecule has 6 heteroatoms. The molecule has 0 unspecified atom stereocenters. The summed E-state index contributed by atoms with van der Waals surface area (Å²) in [4.78, 5) is 16.2. The zero-order chi connectivity index (χ0) is 15.1. The fourth-order valence-corrected chi connectivity index (χ4v) is 1.88. The Balaban J connectivity index is 1.87. The van der Waals surface area contributed by atoms with Crippen LogP contribution < -0.4 is 15.4 Å². The zero-order valence-corrected chi connectivity index (χ0v) is 12.3. The van der Waals surface area contributed by atoms with E-state index in [1.807, 2.05) is 13.1 Å². The van der Waals surface area contributed by atoms with Gasteiger partial charge in [-0.1, -0.05) is 6.92 Å². The number of nitrogens with one attached hydrogen (secondary N) is 2. The Labute approximate surface area is 124 Å². The molecule has 2 N–H and O–H groups in total. The molecule has 21 heavy (non-hydrogen) atoms. The van der Waals surface area contributed by atoms with Crippen LogP contribution in [0.2, 0.25) is 0 Å². The number of hydrogen-bond acceptors (Lipinski definition) is 4. The maximum absolute atomic E-state index is 12.0. The third-order valence-electron chi connectivity index (χ3n) is 2.94. The molecule has 112 valence electrons. The van der Waals surface area contributed by atoms with E-state index in [1.165, 1.54) is 0 Å². The summed E-state index contributed by atoms with van der Waals surface area (Å²) in [6.45, 7) is 3.89. The van der Waals surface area contributed by atoms with Crippen molar-refractivity contribution >= 4 is 11.6 Å². The van der Waals surface area contributed by atoms with Crippen molar-refractivity contribution in [3.8, 4) is 5.75 Å². The first-order chi connectivity index (χ1) is 10.2. The molecule has 1 amide bonds. The second-order valence-electron chi connectivity index (χ2n) is 4.59. The largest absolute Gasteiger partial charge is 0.497 e. The summed E-state index contributed by atoms with van der Waals surface area (Å²) in [5, 5.41) is 6.03. The highest BCUT2D eigenvalue weighted by molar-refractivity contribution is 5.90. The highest BCUT2D eigenvalue weighted by atomic mass is 16.5. The van der Waals surface area contributed by atoms with Crippen LogP contribution in [-0.4, -0.2) is 29.1 Å². The van der Waals surface area contributed by atoms with Crippen LogP contribution in [0.3, 0.4) is 0 Å². The molecule has 0 spiro atoms. The standard InChI is InChI=1S/C15H20N4O2/c1-3-16-8-13-9-19(11-17-13)10-15(20)18-12-4-6-14(21-2)7-5-12/h4-7,9,11,16H,3,8,10H2,1-2H3,(H,18,20). The van der Waals surface area contributed by atoms with E-state index in [9.17, 15) is 4.79 Å². The van der Waals surface area contributed by atoms with Gasteiger partial charge in [0.05, 0.1) is 19.1 Å². The number of ether oxygens (including phenoxy) is 1. The van der Waals surface area contributed by atoms with Gasteiger partial charge in [0.15, 0.2) is 0 Å². The third kappa shape index (κ3) is 4.61. The Bertz CT molecular complexity index is 578.